The SMILES string of the molecule is COc1cc(NC2CC(OC)C2)cc([N+](=O)[O-])c1. The predicted molar refractivity (Wildman–Crippen MR) is 67.1 cm³/mol. The Kier molecular flexibility index (Phi) is 3.66. The van der Waals surface area contributed by atoms with Crippen LogP contribution in [0.25, 0.3) is 0 Å². The third kappa shape index (κ3) is 2.70. The van der Waals surface area contributed by atoms with Gasteiger partial charge in [0.15, 0.2) is 0 Å². The lowest BCUT2D eigenvalue weighted by molar-refractivity contribution is -0.384. The minimum absolute atomic E-state index is 0.0273. The van der Waals surface area contributed by atoms with Gasteiger partial charge in [0, 0.05) is 31.0 Å². The molecule has 2 rings (SSSR count). The van der Waals surface area contributed by atoms with Gasteiger partial charge in [0.05, 0.1) is 24.2 Å². The Morgan fingerprint density at radius 3 is 2.61 bits per heavy atom. The molecule has 1 aromatic rings. The van der Waals surface area contributed by atoms with Crippen molar-refractivity contribution in [3.05, 3.63) is 28.3 Å². The van der Waals surface area contributed by atoms with Gasteiger partial charge in [-0.15, -0.1) is 0 Å². The summed E-state index contributed by atoms with van der Waals surface area (Å²) in [6, 6.07) is 4.99. The molecule has 1 fully saturated rings. The first kappa shape index (κ1) is 12.6. The maximum atomic E-state index is 10.8. The van der Waals surface area contributed by atoms with Gasteiger partial charge in [0.2, 0.25) is 0 Å². The molecule has 1 aliphatic rings. The van der Waals surface area contributed by atoms with E-state index in [2.05, 4.69) is 5.32 Å². The zero-order chi connectivity index (χ0) is 13.1. The summed E-state index contributed by atoms with van der Waals surface area (Å²) in [5.74, 6) is 0.481. The average Bonchev–Trinajstić information content (AvgIpc) is 2.32. The molecule has 0 bridgehead atoms. The van der Waals surface area contributed by atoms with Crippen LogP contribution < -0.4 is 10.1 Å². The number of nitro groups is 1. The van der Waals surface area contributed by atoms with Crippen molar-refractivity contribution in [3.63, 3.8) is 0 Å². The highest BCUT2D eigenvalue weighted by Gasteiger charge is 2.29. The van der Waals surface area contributed by atoms with Crippen LogP contribution in [0.1, 0.15) is 12.8 Å². The van der Waals surface area contributed by atoms with Crippen LogP contribution in [-0.2, 0) is 4.74 Å². The first-order chi connectivity index (χ1) is 8.62. The van der Waals surface area contributed by atoms with E-state index >= 15 is 0 Å². The number of nitro benzene ring substituents is 1. The Bertz CT molecular complexity index is 444. The number of hydrogen-bond acceptors (Lipinski definition) is 5. The Hall–Kier alpha value is -1.82. The first-order valence-corrected chi connectivity index (χ1v) is 5.75. The third-order valence-electron chi connectivity index (χ3n) is 3.14. The van der Waals surface area contributed by atoms with Crippen LogP contribution in [0, 0.1) is 10.1 Å². The lowest BCUT2D eigenvalue weighted by Gasteiger charge is -2.35. The molecule has 1 N–H and O–H groups in total. The second-order valence-corrected chi connectivity index (χ2v) is 4.35. The highest BCUT2D eigenvalue weighted by atomic mass is 16.6. The summed E-state index contributed by atoms with van der Waals surface area (Å²) in [6.07, 6.45) is 2.13. The van der Waals surface area contributed by atoms with Crippen molar-refractivity contribution in [2.75, 3.05) is 19.5 Å². The molecule has 0 radical (unpaired) electrons. The molecule has 0 atom stereocenters. The fourth-order valence-electron chi connectivity index (χ4n) is 2.00. The summed E-state index contributed by atoms with van der Waals surface area (Å²) in [4.78, 5) is 10.4. The number of non-ortho nitro benzene ring substituents is 1. The van der Waals surface area contributed by atoms with Gasteiger partial charge in [-0.25, -0.2) is 0 Å². The summed E-state index contributed by atoms with van der Waals surface area (Å²) in [5, 5.41) is 14.0. The molecule has 1 saturated carbocycles. The van der Waals surface area contributed by atoms with Crippen LogP contribution in [0.5, 0.6) is 5.75 Å². The molecule has 0 heterocycles. The molecule has 0 aromatic heterocycles. The molecule has 0 amide bonds. The van der Waals surface area contributed by atoms with E-state index in [1.165, 1.54) is 19.2 Å². The largest absolute Gasteiger partial charge is 0.496 e. The second kappa shape index (κ2) is 5.22. The van der Waals surface area contributed by atoms with Crippen LogP contribution in [0.4, 0.5) is 11.4 Å². The zero-order valence-electron chi connectivity index (χ0n) is 10.4. The molecule has 18 heavy (non-hydrogen) atoms. The number of nitrogens with one attached hydrogen (secondary N) is 1. The number of anilines is 1. The van der Waals surface area contributed by atoms with Crippen molar-refractivity contribution in [2.24, 2.45) is 0 Å². The van der Waals surface area contributed by atoms with Gasteiger partial charge in [-0.1, -0.05) is 0 Å². The van der Waals surface area contributed by atoms with E-state index in [1.54, 1.807) is 13.2 Å². The lowest BCUT2D eigenvalue weighted by atomic mass is 9.89. The van der Waals surface area contributed by atoms with E-state index < -0.39 is 4.92 Å². The van der Waals surface area contributed by atoms with E-state index in [0.29, 0.717) is 23.6 Å². The molecule has 0 spiro atoms. The maximum absolute atomic E-state index is 10.8. The minimum Gasteiger partial charge on any atom is -0.496 e. The summed E-state index contributed by atoms with van der Waals surface area (Å²) < 4.78 is 10.2. The highest BCUT2D eigenvalue weighted by Crippen LogP contribution is 2.30. The van der Waals surface area contributed by atoms with E-state index in [4.69, 9.17) is 9.47 Å². The fourth-order valence-corrected chi connectivity index (χ4v) is 2.00. The Labute approximate surface area is 105 Å². The van der Waals surface area contributed by atoms with Crippen molar-refractivity contribution in [3.8, 4) is 5.75 Å². The van der Waals surface area contributed by atoms with Gasteiger partial charge in [-0.3, -0.25) is 10.1 Å². The predicted octanol–water partition coefficient (Wildman–Crippen LogP) is 2.19. The molecule has 0 aliphatic heterocycles. The minimum atomic E-state index is -0.424. The molecule has 1 aromatic carbocycles. The van der Waals surface area contributed by atoms with E-state index in [1.807, 2.05) is 0 Å². The number of nitrogens with zero attached hydrogens (tertiary/aromatic N) is 1. The molecule has 1 aliphatic carbocycles. The molecule has 98 valence electrons. The number of methoxy groups -OCH3 is 2. The van der Waals surface area contributed by atoms with Gasteiger partial charge in [0.25, 0.3) is 5.69 Å². The summed E-state index contributed by atoms with van der Waals surface area (Å²) in [5.41, 5.74) is 0.736. The summed E-state index contributed by atoms with van der Waals surface area (Å²) >= 11 is 0. The highest BCUT2D eigenvalue weighted by molar-refractivity contribution is 5.57. The van der Waals surface area contributed by atoms with Gasteiger partial charge < -0.3 is 14.8 Å². The molecular weight excluding hydrogens is 236 g/mol. The van der Waals surface area contributed by atoms with Crippen molar-refractivity contribution in [2.45, 2.75) is 25.0 Å². The van der Waals surface area contributed by atoms with Crippen LogP contribution in [0.15, 0.2) is 18.2 Å². The smallest absolute Gasteiger partial charge is 0.275 e. The van der Waals surface area contributed by atoms with E-state index in [9.17, 15) is 10.1 Å². The molecule has 0 saturated heterocycles. The van der Waals surface area contributed by atoms with Gasteiger partial charge in [0.1, 0.15) is 5.75 Å². The molecule has 6 nitrogen and oxygen atoms in total. The molecule has 0 unspecified atom stereocenters. The third-order valence-corrected chi connectivity index (χ3v) is 3.14. The zero-order valence-corrected chi connectivity index (χ0v) is 10.4. The number of rotatable bonds is 5. The molecular formula is C12H16N2O4. The van der Waals surface area contributed by atoms with Crippen molar-refractivity contribution >= 4 is 11.4 Å². The van der Waals surface area contributed by atoms with Gasteiger partial charge in [-0.2, -0.15) is 0 Å². The number of benzene rings is 1. The topological polar surface area (TPSA) is 73.6 Å². The van der Waals surface area contributed by atoms with Crippen LogP contribution in [-0.4, -0.2) is 31.3 Å². The Morgan fingerprint density at radius 2 is 2.06 bits per heavy atom. The van der Waals surface area contributed by atoms with Crippen LogP contribution >= 0.6 is 0 Å². The van der Waals surface area contributed by atoms with Crippen molar-refractivity contribution in [1.29, 1.82) is 0 Å². The fraction of sp³-hybridized carbons (Fsp3) is 0.500. The Morgan fingerprint density at radius 1 is 1.33 bits per heavy atom. The Balaban J connectivity index is 2.08. The normalized spacial score (nSPS) is 22.1. The van der Waals surface area contributed by atoms with Crippen molar-refractivity contribution in [1.82, 2.24) is 0 Å². The summed E-state index contributed by atoms with van der Waals surface area (Å²) in [6.45, 7) is 0. The average molecular weight is 252 g/mol. The van der Waals surface area contributed by atoms with E-state index in [0.717, 1.165) is 12.8 Å². The standard InChI is InChI=1S/C12H16N2O4/c1-17-11-5-9(6-11)13-8-3-10(14(15)16)7-12(4-8)18-2/h3-4,7,9,11,13H,5-6H2,1-2H3. The van der Waals surface area contributed by atoms with Gasteiger partial charge in [-0.05, 0) is 12.8 Å². The monoisotopic (exact) mass is 252 g/mol. The van der Waals surface area contributed by atoms with Crippen molar-refractivity contribution < 1.29 is 14.4 Å². The lowest BCUT2D eigenvalue weighted by Crippen LogP contribution is -2.40. The second-order valence-electron chi connectivity index (χ2n) is 4.35. The number of hydrogen-bond donors (Lipinski definition) is 1. The number of ether oxygens (including phenoxy) is 2. The maximum Gasteiger partial charge on any atom is 0.275 e. The first-order valence-electron chi connectivity index (χ1n) is 5.75. The van der Waals surface area contributed by atoms with Crippen LogP contribution in [0.2, 0.25) is 0 Å². The quantitative estimate of drug-likeness (QED) is 0.642. The van der Waals surface area contributed by atoms with Gasteiger partial charge >= 0.3 is 0 Å². The van der Waals surface area contributed by atoms with E-state index in [-0.39, 0.29) is 5.69 Å². The molecule has 6 heteroatoms. The van der Waals surface area contributed by atoms with Crippen LogP contribution in [0.3, 0.4) is 0 Å². The summed E-state index contributed by atoms with van der Waals surface area (Å²) in [7, 11) is 3.18.